The van der Waals surface area contributed by atoms with Crippen molar-refractivity contribution in [2.75, 3.05) is 5.32 Å². The number of anilines is 1. The molecule has 0 atom stereocenters. The quantitative estimate of drug-likeness (QED) is 0.945. The molecule has 0 aliphatic carbocycles. The average molecular weight is 295 g/mol. The first-order valence-electron chi connectivity index (χ1n) is 4.49. The maximum Gasteiger partial charge on any atom is 0.101 e. The average Bonchev–Trinajstić information content (AvgIpc) is 2.80. The summed E-state index contributed by atoms with van der Waals surface area (Å²) in [7, 11) is 0. The highest BCUT2D eigenvalue weighted by Crippen LogP contribution is 2.20. The van der Waals surface area contributed by atoms with Gasteiger partial charge >= 0.3 is 0 Å². The summed E-state index contributed by atoms with van der Waals surface area (Å²) >= 11 is 4.64. The molecule has 1 aromatic heterocycles. The van der Waals surface area contributed by atoms with Crippen molar-refractivity contribution in [3.8, 4) is 6.07 Å². The number of nitriles is 1. The lowest BCUT2D eigenvalue weighted by atomic mass is 10.2. The monoisotopic (exact) mass is 294 g/mol. The minimum absolute atomic E-state index is 0.576. The Labute approximate surface area is 105 Å². The zero-order chi connectivity index (χ0) is 11.4. The Hall–Kier alpha value is -1.45. The third-order valence-electron chi connectivity index (χ3n) is 1.97. The van der Waals surface area contributed by atoms with E-state index in [1.807, 2.05) is 17.5 Å². The number of rotatable bonds is 3. The van der Waals surface area contributed by atoms with Crippen LogP contribution in [0, 0.1) is 11.3 Å². The lowest BCUT2D eigenvalue weighted by molar-refractivity contribution is 0.998. The lowest BCUT2D eigenvalue weighted by Crippen LogP contribution is -2.01. The molecule has 2 aromatic rings. The maximum absolute atomic E-state index is 8.96. The van der Waals surface area contributed by atoms with E-state index in [-0.39, 0.29) is 0 Å². The summed E-state index contributed by atoms with van der Waals surface area (Å²) in [5.41, 5.74) is 2.29. The summed E-state index contributed by atoms with van der Waals surface area (Å²) in [5.74, 6) is 0. The molecular formula is C10H7BrN4S. The smallest absolute Gasteiger partial charge is 0.101 e. The molecule has 0 aliphatic rings. The Balaban J connectivity index is 2.13. The van der Waals surface area contributed by atoms with Gasteiger partial charge in [0.25, 0.3) is 0 Å². The first-order valence-corrected chi connectivity index (χ1v) is 6.12. The molecule has 6 heteroatoms. The number of hydrogen-bond acceptors (Lipinski definition) is 5. The number of hydrogen-bond donors (Lipinski definition) is 1. The van der Waals surface area contributed by atoms with Gasteiger partial charge in [0.2, 0.25) is 0 Å². The highest BCUT2D eigenvalue weighted by atomic mass is 79.9. The van der Waals surface area contributed by atoms with Gasteiger partial charge in [-0.2, -0.15) is 5.26 Å². The molecule has 1 aromatic carbocycles. The van der Waals surface area contributed by atoms with Crippen molar-refractivity contribution < 1.29 is 0 Å². The molecule has 0 bridgehead atoms. The van der Waals surface area contributed by atoms with E-state index in [0.717, 1.165) is 15.9 Å². The van der Waals surface area contributed by atoms with Crippen LogP contribution in [0.25, 0.3) is 0 Å². The number of nitrogens with one attached hydrogen (secondary N) is 1. The first-order chi connectivity index (χ1) is 7.79. The van der Waals surface area contributed by atoms with Crippen LogP contribution in [0.1, 0.15) is 11.3 Å². The fourth-order valence-corrected chi connectivity index (χ4v) is 2.02. The van der Waals surface area contributed by atoms with E-state index in [9.17, 15) is 0 Å². The number of aromatic nitrogens is 2. The summed E-state index contributed by atoms with van der Waals surface area (Å²) < 4.78 is 4.66. The summed E-state index contributed by atoms with van der Waals surface area (Å²) in [6.45, 7) is 0.576. The van der Waals surface area contributed by atoms with Gasteiger partial charge in [0.05, 0.1) is 23.5 Å². The number of benzene rings is 1. The van der Waals surface area contributed by atoms with Crippen LogP contribution in [0.3, 0.4) is 0 Å². The Bertz CT molecular complexity index is 518. The predicted molar refractivity (Wildman–Crippen MR) is 66.1 cm³/mol. The minimum atomic E-state index is 0.576. The lowest BCUT2D eigenvalue weighted by Gasteiger charge is -2.06. The Morgan fingerprint density at radius 2 is 2.38 bits per heavy atom. The van der Waals surface area contributed by atoms with Crippen LogP contribution in [0.2, 0.25) is 0 Å². The molecule has 0 saturated carbocycles. The third kappa shape index (κ3) is 2.56. The largest absolute Gasteiger partial charge is 0.378 e. The van der Waals surface area contributed by atoms with Crippen LogP contribution in [0.4, 0.5) is 5.69 Å². The van der Waals surface area contributed by atoms with Crippen molar-refractivity contribution in [2.45, 2.75) is 6.54 Å². The fraction of sp³-hybridized carbons (Fsp3) is 0.100. The van der Waals surface area contributed by atoms with Gasteiger partial charge in [0.1, 0.15) is 6.07 Å². The summed E-state index contributed by atoms with van der Waals surface area (Å²) in [5, 5.41) is 17.9. The van der Waals surface area contributed by atoms with Crippen molar-refractivity contribution in [1.29, 1.82) is 5.26 Å². The molecule has 1 N–H and O–H groups in total. The number of nitrogens with zero attached hydrogens (tertiary/aromatic N) is 3. The third-order valence-corrected chi connectivity index (χ3v) is 3.01. The van der Waals surface area contributed by atoms with Crippen LogP contribution in [-0.4, -0.2) is 9.59 Å². The van der Waals surface area contributed by atoms with Crippen molar-refractivity contribution >= 4 is 33.1 Å². The first kappa shape index (κ1) is 11.0. The normalized spacial score (nSPS) is 9.75. The van der Waals surface area contributed by atoms with Crippen molar-refractivity contribution in [3.63, 3.8) is 0 Å². The Morgan fingerprint density at radius 1 is 1.50 bits per heavy atom. The second kappa shape index (κ2) is 5.05. The molecule has 0 unspecified atom stereocenters. The van der Waals surface area contributed by atoms with Gasteiger partial charge < -0.3 is 5.32 Å². The highest BCUT2D eigenvalue weighted by molar-refractivity contribution is 9.10. The number of halogens is 1. The molecule has 1 heterocycles. The highest BCUT2D eigenvalue weighted by Gasteiger charge is 2.03. The van der Waals surface area contributed by atoms with Gasteiger partial charge in [0.15, 0.2) is 0 Å². The van der Waals surface area contributed by atoms with Crippen LogP contribution in [0.5, 0.6) is 0 Å². The second-order valence-electron chi connectivity index (χ2n) is 3.05. The van der Waals surface area contributed by atoms with Crippen LogP contribution in [0.15, 0.2) is 28.1 Å². The molecule has 16 heavy (non-hydrogen) atoms. The van der Waals surface area contributed by atoms with Crippen molar-refractivity contribution in [1.82, 2.24) is 9.59 Å². The van der Waals surface area contributed by atoms with Gasteiger partial charge in [-0.05, 0) is 29.7 Å². The van der Waals surface area contributed by atoms with Crippen LogP contribution >= 0.6 is 27.5 Å². The molecule has 0 radical (unpaired) electrons. The minimum Gasteiger partial charge on any atom is -0.378 e. The van der Waals surface area contributed by atoms with Crippen LogP contribution in [-0.2, 0) is 6.54 Å². The van der Waals surface area contributed by atoms with Gasteiger partial charge in [-0.25, -0.2) is 0 Å². The Morgan fingerprint density at radius 3 is 3.06 bits per heavy atom. The fourth-order valence-electron chi connectivity index (χ4n) is 1.21. The molecule has 2 rings (SSSR count). The van der Waals surface area contributed by atoms with E-state index < -0.39 is 0 Å². The molecule has 0 fully saturated rings. The van der Waals surface area contributed by atoms with E-state index >= 15 is 0 Å². The van der Waals surface area contributed by atoms with Crippen LogP contribution < -0.4 is 5.32 Å². The summed E-state index contributed by atoms with van der Waals surface area (Å²) in [6, 6.07) is 7.67. The van der Waals surface area contributed by atoms with E-state index in [4.69, 9.17) is 5.26 Å². The summed E-state index contributed by atoms with van der Waals surface area (Å²) in [6.07, 6.45) is 0. The molecule has 0 amide bonds. The van der Waals surface area contributed by atoms with Crippen molar-refractivity contribution in [3.05, 3.63) is 39.3 Å². The zero-order valence-corrected chi connectivity index (χ0v) is 10.5. The molecular weight excluding hydrogens is 288 g/mol. The van der Waals surface area contributed by atoms with Crippen molar-refractivity contribution in [2.24, 2.45) is 0 Å². The standard InChI is InChI=1S/C10H7BrN4S/c11-8-1-2-10(7(3-8)4-12)13-5-9-6-16-15-14-9/h1-3,6,13H,5H2. The molecule has 0 aliphatic heterocycles. The predicted octanol–water partition coefficient (Wildman–Crippen LogP) is 2.78. The van der Waals surface area contributed by atoms with E-state index in [1.54, 1.807) is 6.07 Å². The molecule has 4 nitrogen and oxygen atoms in total. The maximum atomic E-state index is 8.96. The second-order valence-corrected chi connectivity index (χ2v) is 4.58. The molecule has 80 valence electrons. The van der Waals surface area contributed by atoms with E-state index in [2.05, 4.69) is 36.9 Å². The molecule has 0 saturated heterocycles. The van der Waals surface area contributed by atoms with Gasteiger partial charge in [0, 0.05) is 9.85 Å². The van der Waals surface area contributed by atoms with Gasteiger partial charge in [-0.15, -0.1) is 5.10 Å². The van der Waals surface area contributed by atoms with E-state index in [0.29, 0.717) is 12.1 Å². The SMILES string of the molecule is N#Cc1cc(Br)ccc1NCc1csnn1. The molecule has 0 spiro atoms. The van der Waals surface area contributed by atoms with Gasteiger partial charge in [-0.3, -0.25) is 0 Å². The Kier molecular flexibility index (Phi) is 3.49. The topological polar surface area (TPSA) is 61.6 Å². The van der Waals surface area contributed by atoms with Gasteiger partial charge in [-0.1, -0.05) is 20.4 Å². The van der Waals surface area contributed by atoms with E-state index in [1.165, 1.54) is 11.5 Å². The zero-order valence-electron chi connectivity index (χ0n) is 8.14. The summed E-state index contributed by atoms with van der Waals surface area (Å²) in [4.78, 5) is 0.